The van der Waals surface area contributed by atoms with Crippen molar-refractivity contribution in [3.05, 3.63) is 29.8 Å². The van der Waals surface area contributed by atoms with Gasteiger partial charge in [-0.3, -0.25) is 0 Å². The van der Waals surface area contributed by atoms with Gasteiger partial charge in [-0.25, -0.2) is 8.78 Å². The van der Waals surface area contributed by atoms with Crippen LogP contribution in [0.3, 0.4) is 0 Å². The number of hydrogen-bond donors (Lipinski definition) is 2. The van der Waals surface area contributed by atoms with Gasteiger partial charge in [-0.1, -0.05) is 24.3 Å². The Balaban J connectivity index is 2.28. The molecule has 0 amide bonds. The van der Waals surface area contributed by atoms with Gasteiger partial charge in [0.05, 0.1) is 6.10 Å². The number of ether oxygens (including phenoxy) is 1. The molecular formula is C13H17BF2O3. The number of benzene rings is 1. The molecule has 2 rings (SSSR count). The molecule has 0 bridgehead atoms. The van der Waals surface area contributed by atoms with Crippen molar-refractivity contribution in [3.8, 4) is 0 Å². The van der Waals surface area contributed by atoms with E-state index in [9.17, 15) is 18.8 Å². The molecule has 6 heteroatoms. The topological polar surface area (TPSA) is 49.7 Å². The van der Waals surface area contributed by atoms with E-state index in [1.54, 1.807) is 18.2 Å². The van der Waals surface area contributed by atoms with Crippen LogP contribution in [-0.2, 0) is 4.74 Å². The molecule has 19 heavy (non-hydrogen) atoms. The summed E-state index contributed by atoms with van der Waals surface area (Å²) in [5, 5.41) is 18.6. The monoisotopic (exact) mass is 270 g/mol. The summed E-state index contributed by atoms with van der Waals surface area (Å²) in [6.45, 7) is 0. The van der Waals surface area contributed by atoms with Crippen LogP contribution >= 0.6 is 0 Å². The standard InChI is InChI=1S/C13H17BF2O3/c1-19-11-7-6-9(12(15)13(11)16)8-4-2-3-5-10(8)14(17)18/h2-5,9,11-13,17-18H,6-7H2,1H3/t9-,11?,12+,13+/m1/s1. The number of hydrogen-bond acceptors (Lipinski definition) is 3. The largest absolute Gasteiger partial charge is 0.488 e. The molecule has 0 spiro atoms. The van der Waals surface area contributed by atoms with Crippen LogP contribution in [0.15, 0.2) is 24.3 Å². The summed E-state index contributed by atoms with van der Waals surface area (Å²) in [7, 11) is -0.308. The van der Waals surface area contributed by atoms with Crippen LogP contribution in [0, 0.1) is 0 Å². The van der Waals surface area contributed by atoms with Crippen molar-refractivity contribution in [2.75, 3.05) is 7.11 Å². The van der Waals surface area contributed by atoms with E-state index in [4.69, 9.17) is 4.74 Å². The van der Waals surface area contributed by atoms with E-state index in [0.717, 1.165) is 0 Å². The Morgan fingerprint density at radius 1 is 1.16 bits per heavy atom. The molecule has 1 aliphatic rings. The molecule has 104 valence electrons. The van der Waals surface area contributed by atoms with E-state index in [1.807, 2.05) is 0 Å². The van der Waals surface area contributed by atoms with E-state index in [-0.39, 0.29) is 5.46 Å². The second-order valence-corrected chi connectivity index (χ2v) is 4.85. The van der Waals surface area contributed by atoms with Gasteiger partial charge in [0, 0.05) is 13.0 Å². The highest BCUT2D eigenvalue weighted by molar-refractivity contribution is 6.59. The van der Waals surface area contributed by atoms with Gasteiger partial charge in [-0.15, -0.1) is 0 Å². The predicted molar refractivity (Wildman–Crippen MR) is 68.8 cm³/mol. The van der Waals surface area contributed by atoms with Crippen molar-refractivity contribution >= 4 is 12.6 Å². The van der Waals surface area contributed by atoms with Gasteiger partial charge in [0.25, 0.3) is 0 Å². The number of methoxy groups -OCH3 is 1. The van der Waals surface area contributed by atoms with Crippen LogP contribution in [0.25, 0.3) is 0 Å². The summed E-state index contributed by atoms with van der Waals surface area (Å²) in [4.78, 5) is 0. The average Bonchev–Trinajstić information content (AvgIpc) is 2.42. The number of rotatable bonds is 3. The maximum atomic E-state index is 14.2. The summed E-state index contributed by atoms with van der Waals surface area (Å²) < 4.78 is 33.0. The lowest BCUT2D eigenvalue weighted by atomic mass is 9.70. The number of halogens is 2. The molecule has 1 unspecified atom stereocenters. The van der Waals surface area contributed by atoms with Crippen molar-refractivity contribution in [1.29, 1.82) is 0 Å². The molecule has 0 radical (unpaired) electrons. The molecule has 1 saturated carbocycles. The second-order valence-electron chi connectivity index (χ2n) is 4.85. The Labute approximate surface area is 111 Å². The summed E-state index contributed by atoms with van der Waals surface area (Å²) in [6, 6.07) is 6.46. The van der Waals surface area contributed by atoms with Crippen molar-refractivity contribution in [1.82, 2.24) is 0 Å². The van der Waals surface area contributed by atoms with Crippen molar-refractivity contribution in [3.63, 3.8) is 0 Å². The molecule has 0 heterocycles. The Morgan fingerprint density at radius 3 is 2.47 bits per heavy atom. The maximum absolute atomic E-state index is 14.2. The SMILES string of the molecule is COC1CC[C@H](c2ccccc2B(O)O)[C@H](F)[C@H]1F. The van der Waals surface area contributed by atoms with Gasteiger partial charge in [0.1, 0.15) is 6.17 Å². The molecule has 0 saturated heterocycles. The lowest BCUT2D eigenvalue weighted by Gasteiger charge is -2.35. The minimum Gasteiger partial charge on any atom is -0.423 e. The van der Waals surface area contributed by atoms with Gasteiger partial charge in [-0.05, 0) is 23.9 Å². The quantitative estimate of drug-likeness (QED) is 0.803. The smallest absolute Gasteiger partial charge is 0.423 e. The van der Waals surface area contributed by atoms with Crippen LogP contribution in [-0.4, -0.2) is 42.7 Å². The van der Waals surface area contributed by atoms with Gasteiger partial charge >= 0.3 is 7.12 Å². The highest BCUT2D eigenvalue weighted by Crippen LogP contribution is 2.37. The third kappa shape index (κ3) is 2.80. The molecule has 3 nitrogen and oxygen atoms in total. The Bertz CT molecular complexity index is 430. The molecule has 1 aromatic rings. The second kappa shape index (κ2) is 5.99. The van der Waals surface area contributed by atoms with E-state index in [0.29, 0.717) is 18.4 Å². The Hall–Kier alpha value is -0.975. The maximum Gasteiger partial charge on any atom is 0.488 e. The van der Waals surface area contributed by atoms with E-state index < -0.39 is 31.5 Å². The lowest BCUT2D eigenvalue weighted by molar-refractivity contribution is -0.0413. The molecule has 4 atom stereocenters. The third-order valence-electron chi connectivity index (χ3n) is 3.78. The zero-order chi connectivity index (χ0) is 14.0. The lowest BCUT2D eigenvalue weighted by Crippen LogP contribution is -2.44. The third-order valence-corrected chi connectivity index (χ3v) is 3.78. The van der Waals surface area contributed by atoms with E-state index in [1.165, 1.54) is 13.2 Å². The Morgan fingerprint density at radius 2 is 1.84 bits per heavy atom. The molecule has 1 aromatic carbocycles. The molecular weight excluding hydrogens is 253 g/mol. The van der Waals surface area contributed by atoms with Crippen LogP contribution < -0.4 is 5.46 Å². The molecule has 2 N–H and O–H groups in total. The first kappa shape index (κ1) is 14.4. The van der Waals surface area contributed by atoms with Gasteiger partial charge in [-0.2, -0.15) is 0 Å². The van der Waals surface area contributed by atoms with Gasteiger partial charge in [0.15, 0.2) is 6.17 Å². The zero-order valence-electron chi connectivity index (χ0n) is 10.7. The number of alkyl halides is 2. The van der Waals surface area contributed by atoms with Gasteiger partial charge in [0.2, 0.25) is 0 Å². The fourth-order valence-electron chi connectivity index (χ4n) is 2.75. The van der Waals surface area contributed by atoms with E-state index in [2.05, 4.69) is 0 Å². The zero-order valence-corrected chi connectivity index (χ0v) is 10.7. The van der Waals surface area contributed by atoms with Crippen molar-refractivity contribution < 1.29 is 23.6 Å². The van der Waals surface area contributed by atoms with Crippen LogP contribution in [0.2, 0.25) is 0 Å². The highest BCUT2D eigenvalue weighted by Gasteiger charge is 2.42. The summed E-state index contributed by atoms with van der Waals surface area (Å²) in [5.41, 5.74) is 0.695. The summed E-state index contributed by atoms with van der Waals surface area (Å²) in [5.74, 6) is -0.667. The average molecular weight is 270 g/mol. The molecule has 1 aliphatic carbocycles. The van der Waals surface area contributed by atoms with Crippen LogP contribution in [0.5, 0.6) is 0 Å². The van der Waals surface area contributed by atoms with Crippen molar-refractivity contribution in [2.24, 2.45) is 0 Å². The first-order chi connectivity index (χ1) is 9.06. The fraction of sp³-hybridized carbons (Fsp3) is 0.538. The normalized spacial score (nSPS) is 31.2. The first-order valence-corrected chi connectivity index (χ1v) is 6.32. The van der Waals surface area contributed by atoms with E-state index >= 15 is 0 Å². The minimum absolute atomic E-state index is 0.234. The molecule has 0 aromatic heterocycles. The summed E-state index contributed by atoms with van der Waals surface area (Å²) in [6.07, 6.45) is -3.27. The first-order valence-electron chi connectivity index (χ1n) is 6.32. The van der Waals surface area contributed by atoms with Gasteiger partial charge < -0.3 is 14.8 Å². The van der Waals surface area contributed by atoms with Crippen LogP contribution in [0.1, 0.15) is 24.3 Å². The highest BCUT2D eigenvalue weighted by atomic mass is 19.2. The van der Waals surface area contributed by atoms with Crippen molar-refractivity contribution in [2.45, 2.75) is 37.2 Å². The summed E-state index contributed by atoms with van der Waals surface area (Å²) >= 11 is 0. The minimum atomic E-state index is -1.70. The molecule has 1 fully saturated rings. The predicted octanol–water partition coefficient (Wildman–Crippen LogP) is 0.935. The molecule has 0 aliphatic heterocycles. The van der Waals surface area contributed by atoms with Crippen LogP contribution in [0.4, 0.5) is 8.78 Å². The fourth-order valence-corrected chi connectivity index (χ4v) is 2.75. The Kier molecular flexibility index (Phi) is 4.55.